The zero-order valence-corrected chi connectivity index (χ0v) is 13.7. The van der Waals surface area contributed by atoms with E-state index in [1.807, 2.05) is 11.8 Å². The van der Waals surface area contributed by atoms with Gasteiger partial charge in [-0.15, -0.1) is 12.4 Å². The van der Waals surface area contributed by atoms with E-state index in [4.69, 9.17) is 0 Å². The summed E-state index contributed by atoms with van der Waals surface area (Å²) in [5, 5.41) is 3.97. The normalized spacial score (nSPS) is 28.8. The highest BCUT2D eigenvalue weighted by Gasteiger charge is 2.28. The molecule has 1 amide bonds. The molecule has 112 valence electrons. The largest absolute Gasteiger partial charge is 0.338 e. The van der Waals surface area contributed by atoms with Crippen LogP contribution in [-0.4, -0.2) is 47.5 Å². The van der Waals surface area contributed by atoms with Crippen LogP contribution < -0.4 is 5.32 Å². The van der Waals surface area contributed by atoms with Crippen LogP contribution in [0.4, 0.5) is 0 Å². The molecule has 0 aromatic heterocycles. The molecule has 0 radical (unpaired) electrons. The zero-order chi connectivity index (χ0) is 13.0. The van der Waals surface area contributed by atoms with E-state index >= 15 is 0 Å². The fourth-order valence-electron chi connectivity index (χ4n) is 2.93. The van der Waals surface area contributed by atoms with E-state index in [9.17, 15) is 4.79 Å². The van der Waals surface area contributed by atoms with E-state index in [0.29, 0.717) is 17.2 Å². The number of amides is 1. The first-order chi connectivity index (χ1) is 8.68. The van der Waals surface area contributed by atoms with Gasteiger partial charge in [0.25, 0.3) is 0 Å². The van der Waals surface area contributed by atoms with Crippen LogP contribution in [0.25, 0.3) is 0 Å². The summed E-state index contributed by atoms with van der Waals surface area (Å²) in [5.74, 6) is 2.25. The van der Waals surface area contributed by atoms with Gasteiger partial charge in [0.05, 0.1) is 0 Å². The van der Waals surface area contributed by atoms with Gasteiger partial charge in [-0.1, -0.05) is 6.92 Å². The van der Waals surface area contributed by atoms with E-state index < -0.39 is 0 Å². The molecule has 0 aliphatic carbocycles. The van der Waals surface area contributed by atoms with Crippen molar-refractivity contribution in [2.24, 2.45) is 5.92 Å². The summed E-state index contributed by atoms with van der Waals surface area (Å²) >= 11 is 1.99. The fourth-order valence-corrected chi connectivity index (χ4v) is 4.03. The van der Waals surface area contributed by atoms with Crippen molar-refractivity contribution in [1.82, 2.24) is 10.2 Å². The Morgan fingerprint density at radius 2 is 2.00 bits per heavy atom. The molecule has 2 rings (SSSR count). The Morgan fingerprint density at radius 3 is 2.68 bits per heavy atom. The Bertz CT molecular complexity index is 285. The quantitative estimate of drug-likeness (QED) is 0.869. The van der Waals surface area contributed by atoms with Crippen molar-refractivity contribution in [2.75, 3.05) is 25.4 Å². The number of carbonyl (C=O) groups excluding carboxylic acids is 1. The second-order valence-electron chi connectivity index (χ2n) is 5.64. The van der Waals surface area contributed by atoms with Crippen molar-refractivity contribution in [3.05, 3.63) is 0 Å². The highest BCUT2D eigenvalue weighted by atomic mass is 35.5. The third kappa shape index (κ3) is 4.83. The van der Waals surface area contributed by atoms with Crippen molar-refractivity contribution in [3.8, 4) is 0 Å². The van der Waals surface area contributed by atoms with Crippen LogP contribution in [0, 0.1) is 5.92 Å². The van der Waals surface area contributed by atoms with E-state index in [1.54, 1.807) is 0 Å². The van der Waals surface area contributed by atoms with E-state index in [1.165, 1.54) is 12.8 Å². The van der Waals surface area contributed by atoms with Crippen molar-refractivity contribution in [3.63, 3.8) is 0 Å². The smallest absolute Gasteiger partial charge is 0.222 e. The third-order valence-electron chi connectivity index (χ3n) is 4.43. The van der Waals surface area contributed by atoms with Crippen molar-refractivity contribution >= 4 is 30.1 Å². The van der Waals surface area contributed by atoms with Gasteiger partial charge in [-0.2, -0.15) is 11.8 Å². The molecule has 2 saturated heterocycles. The van der Waals surface area contributed by atoms with Crippen molar-refractivity contribution in [2.45, 2.75) is 50.8 Å². The zero-order valence-electron chi connectivity index (χ0n) is 12.1. The molecule has 19 heavy (non-hydrogen) atoms. The van der Waals surface area contributed by atoms with Crippen molar-refractivity contribution < 1.29 is 4.79 Å². The number of halogens is 1. The summed E-state index contributed by atoms with van der Waals surface area (Å²) < 4.78 is 0. The summed E-state index contributed by atoms with van der Waals surface area (Å²) in [5.41, 5.74) is 0. The van der Waals surface area contributed by atoms with Crippen LogP contribution in [-0.2, 0) is 4.79 Å². The second kappa shape index (κ2) is 8.38. The summed E-state index contributed by atoms with van der Waals surface area (Å²) in [6, 6.07) is 0.407. The third-order valence-corrected chi connectivity index (χ3v) is 5.77. The van der Waals surface area contributed by atoms with Gasteiger partial charge in [0.2, 0.25) is 5.91 Å². The molecular formula is C14H27ClN2OS. The monoisotopic (exact) mass is 306 g/mol. The van der Waals surface area contributed by atoms with E-state index in [0.717, 1.165) is 44.1 Å². The number of nitrogens with zero attached hydrogens (tertiary/aromatic N) is 1. The minimum atomic E-state index is 0. The number of nitrogens with one attached hydrogen (secondary N) is 1. The van der Waals surface area contributed by atoms with Crippen LogP contribution in [0.5, 0.6) is 0 Å². The van der Waals surface area contributed by atoms with Gasteiger partial charge in [0.15, 0.2) is 0 Å². The first kappa shape index (κ1) is 17.1. The average Bonchev–Trinajstić information content (AvgIpc) is 2.40. The molecule has 2 fully saturated rings. The molecule has 0 bridgehead atoms. The van der Waals surface area contributed by atoms with E-state index in [-0.39, 0.29) is 12.4 Å². The molecule has 0 aromatic rings. The summed E-state index contributed by atoms with van der Waals surface area (Å²) in [6.45, 7) is 7.64. The Labute approximate surface area is 127 Å². The number of thioether (sulfide) groups is 1. The summed E-state index contributed by atoms with van der Waals surface area (Å²) in [4.78, 5) is 14.4. The molecule has 2 aliphatic heterocycles. The Morgan fingerprint density at radius 1 is 1.32 bits per heavy atom. The standard InChI is InChI=1S/C14H26N2OS.ClH/c1-11-12(2)18-10-9-16(11)14(17)4-3-13-5-7-15-8-6-13;/h11-13,15H,3-10H2,1-2H3;1H. The minimum absolute atomic E-state index is 0. The highest BCUT2D eigenvalue weighted by Crippen LogP contribution is 2.26. The summed E-state index contributed by atoms with van der Waals surface area (Å²) in [6.07, 6.45) is 4.34. The lowest BCUT2D eigenvalue weighted by molar-refractivity contribution is -0.133. The van der Waals surface area contributed by atoms with E-state index in [2.05, 4.69) is 24.1 Å². The number of rotatable bonds is 3. The molecule has 0 saturated carbocycles. The number of carbonyl (C=O) groups is 1. The number of piperidine rings is 1. The minimum Gasteiger partial charge on any atom is -0.338 e. The van der Waals surface area contributed by atoms with Crippen LogP contribution in [0.2, 0.25) is 0 Å². The predicted octanol–water partition coefficient (Wildman–Crippen LogP) is 2.54. The van der Waals surface area contributed by atoms with Gasteiger partial charge in [-0.25, -0.2) is 0 Å². The van der Waals surface area contributed by atoms with Gasteiger partial charge in [0, 0.05) is 30.0 Å². The van der Waals surface area contributed by atoms with Gasteiger partial charge >= 0.3 is 0 Å². The molecule has 3 nitrogen and oxygen atoms in total. The van der Waals surface area contributed by atoms with Crippen LogP contribution in [0.15, 0.2) is 0 Å². The Kier molecular flexibility index (Phi) is 7.55. The molecule has 0 spiro atoms. The molecule has 5 heteroatoms. The second-order valence-corrected chi connectivity index (χ2v) is 7.12. The van der Waals surface area contributed by atoms with Gasteiger partial charge < -0.3 is 10.2 Å². The van der Waals surface area contributed by atoms with Crippen molar-refractivity contribution in [1.29, 1.82) is 0 Å². The molecule has 1 N–H and O–H groups in total. The molecule has 2 atom stereocenters. The van der Waals surface area contributed by atoms with Gasteiger partial charge in [-0.3, -0.25) is 4.79 Å². The SMILES string of the molecule is CC1SCCN(C(=O)CCC2CCNCC2)C1C.Cl. The average molecular weight is 307 g/mol. The maximum absolute atomic E-state index is 12.3. The highest BCUT2D eigenvalue weighted by molar-refractivity contribution is 8.00. The maximum atomic E-state index is 12.3. The lowest BCUT2D eigenvalue weighted by Gasteiger charge is -2.38. The molecule has 2 aliphatic rings. The van der Waals surface area contributed by atoms with Crippen LogP contribution in [0.3, 0.4) is 0 Å². The summed E-state index contributed by atoms with van der Waals surface area (Å²) in [7, 11) is 0. The lowest BCUT2D eigenvalue weighted by atomic mass is 9.93. The Hall–Kier alpha value is 0.0700. The first-order valence-electron chi connectivity index (χ1n) is 7.30. The first-order valence-corrected chi connectivity index (χ1v) is 8.35. The Balaban J connectivity index is 0.00000180. The topological polar surface area (TPSA) is 32.3 Å². The fraction of sp³-hybridized carbons (Fsp3) is 0.929. The molecule has 0 aromatic carbocycles. The lowest BCUT2D eigenvalue weighted by Crippen LogP contribution is -2.48. The van der Waals surface area contributed by atoms with Crippen LogP contribution >= 0.6 is 24.2 Å². The number of hydrogen-bond donors (Lipinski definition) is 1. The number of hydrogen-bond acceptors (Lipinski definition) is 3. The van der Waals surface area contributed by atoms with Gasteiger partial charge in [-0.05, 0) is 45.2 Å². The van der Waals surface area contributed by atoms with Gasteiger partial charge in [0.1, 0.15) is 0 Å². The molecular weight excluding hydrogens is 280 g/mol. The maximum Gasteiger partial charge on any atom is 0.222 e. The van der Waals surface area contributed by atoms with Crippen LogP contribution in [0.1, 0.15) is 39.5 Å². The predicted molar refractivity (Wildman–Crippen MR) is 85.2 cm³/mol. The molecule has 2 heterocycles. The molecule has 2 unspecified atom stereocenters.